The maximum atomic E-state index is 13.9. The molecular weight excluding hydrogens is 285 g/mol. The summed E-state index contributed by atoms with van der Waals surface area (Å²) in [5.74, 6) is -1.12. The lowest BCUT2D eigenvalue weighted by molar-refractivity contribution is 0.471. The van der Waals surface area contributed by atoms with Crippen LogP contribution in [0.1, 0.15) is 0 Å². The van der Waals surface area contributed by atoms with E-state index in [0.29, 0.717) is 10.9 Å². The largest absolute Gasteiger partial charge is 0.506 e. The van der Waals surface area contributed by atoms with E-state index in [0.717, 1.165) is 16.8 Å². The van der Waals surface area contributed by atoms with E-state index < -0.39 is 11.4 Å². The smallest absolute Gasteiger partial charge is 0.282 e. The van der Waals surface area contributed by atoms with Gasteiger partial charge in [0.2, 0.25) is 0 Å². The topological polar surface area (TPSA) is 68.0 Å². The Balaban J connectivity index is 2.33. The Labute approximate surface area is 116 Å². The van der Waals surface area contributed by atoms with Crippen molar-refractivity contribution < 1.29 is 9.50 Å². The van der Waals surface area contributed by atoms with E-state index in [1.165, 1.54) is 0 Å². The van der Waals surface area contributed by atoms with Crippen molar-refractivity contribution in [2.45, 2.75) is 0 Å². The van der Waals surface area contributed by atoms with Crippen molar-refractivity contribution in [2.24, 2.45) is 0 Å². The van der Waals surface area contributed by atoms with Gasteiger partial charge in [-0.3, -0.25) is 4.79 Å². The standard InChI is InChI=1S/C13H7ClFN3O2/c14-8-5-9(15)11(6-12(8)19)18-13(20)7-3-1-2-4-10(7)16-17-18/h1-6,19H. The summed E-state index contributed by atoms with van der Waals surface area (Å²) in [4.78, 5) is 12.3. The lowest BCUT2D eigenvalue weighted by Crippen LogP contribution is -2.23. The number of halogens is 2. The van der Waals surface area contributed by atoms with Crippen molar-refractivity contribution in [1.82, 2.24) is 15.0 Å². The molecule has 0 atom stereocenters. The SMILES string of the molecule is O=c1c2ccccc2nnn1-c1cc(O)c(Cl)cc1F. The molecule has 0 amide bonds. The number of aromatic hydroxyl groups is 1. The van der Waals surface area contributed by atoms with Gasteiger partial charge in [-0.15, -0.1) is 5.10 Å². The van der Waals surface area contributed by atoms with Crippen LogP contribution in [0, 0.1) is 5.82 Å². The molecule has 20 heavy (non-hydrogen) atoms. The molecule has 1 heterocycles. The van der Waals surface area contributed by atoms with Crippen LogP contribution in [-0.2, 0) is 0 Å². The quantitative estimate of drug-likeness (QED) is 0.747. The van der Waals surface area contributed by atoms with Crippen LogP contribution in [-0.4, -0.2) is 20.1 Å². The van der Waals surface area contributed by atoms with Crippen LogP contribution in [0.5, 0.6) is 5.75 Å². The van der Waals surface area contributed by atoms with E-state index >= 15 is 0 Å². The molecule has 7 heteroatoms. The molecule has 0 aliphatic rings. The van der Waals surface area contributed by atoms with Gasteiger partial charge in [0.25, 0.3) is 5.56 Å². The number of hydrogen-bond acceptors (Lipinski definition) is 4. The Hall–Kier alpha value is -2.47. The first-order valence-corrected chi connectivity index (χ1v) is 5.99. The highest BCUT2D eigenvalue weighted by atomic mass is 35.5. The average Bonchev–Trinajstić information content (AvgIpc) is 2.44. The Bertz CT molecular complexity index is 879. The zero-order valence-electron chi connectivity index (χ0n) is 9.92. The van der Waals surface area contributed by atoms with Crippen molar-refractivity contribution in [3.63, 3.8) is 0 Å². The van der Waals surface area contributed by atoms with Gasteiger partial charge in [-0.1, -0.05) is 28.9 Å². The predicted octanol–water partition coefficient (Wildman–Crippen LogP) is 2.28. The summed E-state index contributed by atoms with van der Waals surface area (Å²) in [7, 11) is 0. The molecule has 3 rings (SSSR count). The predicted molar refractivity (Wildman–Crippen MR) is 71.8 cm³/mol. The van der Waals surface area contributed by atoms with Gasteiger partial charge in [0.1, 0.15) is 17.0 Å². The Morgan fingerprint density at radius 1 is 1.25 bits per heavy atom. The second-order valence-corrected chi connectivity index (χ2v) is 4.49. The fraction of sp³-hybridized carbons (Fsp3) is 0. The average molecular weight is 292 g/mol. The van der Waals surface area contributed by atoms with Gasteiger partial charge in [-0.2, -0.15) is 4.68 Å². The second-order valence-electron chi connectivity index (χ2n) is 4.08. The molecule has 100 valence electrons. The molecule has 1 N–H and O–H groups in total. The van der Waals surface area contributed by atoms with E-state index in [1.807, 2.05) is 0 Å². The molecule has 2 aromatic carbocycles. The summed E-state index contributed by atoms with van der Waals surface area (Å²) in [6.45, 7) is 0. The van der Waals surface area contributed by atoms with Crippen LogP contribution < -0.4 is 5.56 Å². The van der Waals surface area contributed by atoms with Crippen molar-refractivity contribution >= 4 is 22.5 Å². The van der Waals surface area contributed by atoms with Crippen molar-refractivity contribution in [3.8, 4) is 11.4 Å². The number of rotatable bonds is 1. The third-order valence-corrected chi connectivity index (χ3v) is 3.12. The summed E-state index contributed by atoms with van der Waals surface area (Å²) in [5.41, 5.74) is -0.335. The molecule has 0 unspecified atom stereocenters. The van der Waals surface area contributed by atoms with Crippen LogP contribution in [0.4, 0.5) is 4.39 Å². The first-order chi connectivity index (χ1) is 9.58. The van der Waals surface area contributed by atoms with Gasteiger partial charge in [-0.05, 0) is 18.2 Å². The minimum Gasteiger partial charge on any atom is -0.506 e. The molecule has 0 fully saturated rings. The van der Waals surface area contributed by atoms with E-state index in [9.17, 15) is 14.3 Å². The zero-order valence-corrected chi connectivity index (χ0v) is 10.7. The summed E-state index contributed by atoms with van der Waals surface area (Å²) in [6, 6.07) is 8.53. The van der Waals surface area contributed by atoms with Crippen LogP contribution in [0.15, 0.2) is 41.2 Å². The van der Waals surface area contributed by atoms with Gasteiger partial charge < -0.3 is 5.11 Å². The third kappa shape index (κ3) is 1.90. The Morgan fingerprint density at radius 3 is 2.80 bits per heavy atom. The van der Waals surface area contributed by atoms with Crippen molar-refractivity contribution in [3.05, 3.63) is 57.6 Å². The normalized spacial score (nSPS) is 10.9. The minimum atomic E-state index is -0.778. The molecular formula is C13H7ClFN3O2. The van der Waals surface area contributed by atoms with Crippen molar-refractivity contribution in [1.29, 1.82) is 0 Å². The summed E-state index contributed by atoms with van der Waals surface area (Å²) in [5, 5.41) is 17.2. The number of phenolic OH excluding ortho intramolecular Hbond substituents is 1. The van der Waals surface area contributed by atoms with Gasteiger partial charge >= 0.3 is 0 Å². The summed E-state index contributed by atoms with van der Waals surface area (Å²) >= 11 is 5.59. The molecule has 5 nitrogen and oxygen atoms in total. The third-order valence-electron chi connectivity index (χ3n) is 2.81. The molecule has 0 saturated heterocycles. The monoisotopic (exact) mass is 291 g/mol. The number of phenols is 1. The number of nitrogens with zero attached hydrogens (tertiary/aromatic N) is 3. The number of fused-ring (bicyclic) bond motifs is 1. The van der Waals surface area contributed by atoms with Gasteiger partial charge in [0.15, 0.2) is 5.82 Å². The van der Waals surface area contributed by atoms with E-state index in [4.69, 9.17) is 11.6 Å². The van der Waals surface area contributed by atoms with Crippen LogP contribution >= 0.6 is 11.6 Å². The molecule has 0 radical (unpaired) electrons. The first-order valence-electron chi connectivity index (χ1n) is 5.61. The number of hydrogen-bond donors (Lipinski definition) is 1. The highest BCUT2D eigenvalue weighted by molar-refractivity contribution is 6.32. The minimum absolute atomic E-state index is 0.145. The number of benzene rings is 2. The van der Waals surface area contributed by atoms with Crippen LogP contribution in [0.25, 0.3) is 16.6 Å². The van der Waals surface area contributed by atoms with Gasteiger partial charge in [-0.25, -0.2) is 4.39 Å². The molecule has 0 spiro atoms. The van der Waals surface area contributed by atoms with Gasteiger partial charge in [0.05, 0.1) is 10.4 Å². The molecule has 0 bridgehead atoms. The first kappa shape index (κ1) is 12.6. The lowest BCUT2D eigenvalue weighted by Gasteiger charge is -2.07. The van der Waals surface area contributed by atoms with Crippen LogP contribution in [0.3, 0.4) is 0 Å². The number of aromatic nitrogens is 3. The fourth-order valence-corrected chi connectivity index (χ4v) is 1.99. The van der Waals surface area contributed by atoms with E-state index in [2.05, 4.69) is 10.3 Å². The summed E-state index contributed by atoms with van der Waals surface area (Å²) < 4.78 is 14.7. The van der Waals surface area contributed by atoms with Crippen LogP contribution in [0.2, 0.25) is 5.02 Å². The highest BCUT2D eigenvalue weighted by Gasteiger charge is 2.14. The van der Waals surface area contributed by atoms with E-state index in [1.54, 1.807) is 24.3 Å². The van der Waals surface area contributed by atoms with Crippen molar-refractivity contribution in [2.75, 3.05) is 0 Å². The zero-order chi connectivity index (χ0) is 14.3. The second kappa shape index (κ2) is 4.57. The van der Waals surface area contributed by atoms with E-state index in [-0.39, 0.29) is 16.5 Å². The Kier molecular flexibility index (Phi) is 2.87. The molecule has 0 aliphatic carbocycles. The summed E-state index contributed by atoms with van der Waals surface area (Å²) in [6.07, 6.45) is 0. The molecule has 3 aromatic rings. The Morgan fingerprint density at radius 2 is 2.00 bits per heavy atom. The van der Waals surface area contributed by atoms with Gasteiger partial charge in [0, 0.05) is 6.07 Å². The molecule has 1 aromatic heterocycles. The molecule has 0 aliphatic heterocycles. The maximum Gasteiger partial charge on any atom is 0.282 e. The maximum absolute atomic E-state index is 13.9. The highest BCUT2D eigenvalue weighted by Crippen LogP contribution is 2.27. The lowest BCUT2D eigenvalue weighted by atomic mass is 10.2. The fourth-order valence-electron chi connectivity index (χ4n) is 1.84. The molecule has 0 saturated carbocycles.